The van der Waals surface area contributed by atoms with E-state index in [1.54, 1.807) is 4.68 Å². The number of hydrogen-bond acceptors (Lipinski definition) is 5. The summed E-state index contributed by atoms with van der Waals surface area (Å²) in [6, 6.07) is 0. The van der Waals surface area contributed by atoms with Crippen molar-refractivity contribution in [2.75, 3.05) is 26.4 Å². The summed E-state index contributed by atoms with van der Waals surface area (Å²) in [4.78, 5) is 14.4. The Bertz CT molecular complexity index is 588. The number of halogens is 1. The predicted octanol–water partition coefficient (Wildman–Crippen LogP) is 0.634. The summed E-state index contributed by atoms with van der Waals surface area (Å²) in [5, 5.41) is 10.7. The number of aromatic nitrogens is 4. The number of carbonyl (C=O) groups is 1. The van der Waals surface area contributed by atoms with E-state index in [0.29, 0.717) is 22.8 Å². The van der Waals surface area contributed by atoms with Gasteiger partial charge in [-0.3, -0.25) is 14.6 Å². The van der Waals surface area contributed by atoms with E-state index in [9.17, 15) is 4.79 Å². The monoisotopic (exact) mass is 282 g/mol. The predicted molar refractivity (Wildman–Crippen MR) is 72.2 cm³/mol. The van der Waals surface area contributed by atoms with Crippen molar-refractivity contribution in [1.82, 2.24) is 24.9 Å². The highest BCUT2D eigenvalue weighted by Crippen LogP contribution is 2.21. The van der Waals surface area contributed by atoms with E-state index < -0.39 is 0 Å². The second kappa shape index (κ2) is 5.41. The Morgan fingerprint density at radius 1 is 1.53 bits per heavy atom. The van der Waals surface area contributed by atoms with Gasteiger partial charge in [0, 0.05) is 6.54 Å². The Labute approximate surface area is 115 Å². The number of nitrogens with zero attached hydrogens (tertiary/aromatic N) is 4. The molecule has 2 heterocycles. The van der Waals surface area contributed by atoms with Crippen LogP contribution in [0.3, 0.4) is 0 Å². The van der Waals surface area contributed by atoms with Crippen molar-refractivity contribution in [1.29, 1.82) is 0 Å². The molecule has 2 aromatic rings. The molecule has 0 bridgehead atoms. The first kappa shape index (κ1) is 13.6. The highest BCUT2D eigenvalue weighted by molar-refractivity contribution is 6.34. The molecule has 7 nitrogen and oxygen atoms in total. The van der Waals surface area contributed by atoms with Crippen molar-refractivity contribution in [2.24, 2.45) is 0 Å². The third kappa shape index (κ3) is 2.77. The zero-order chi connectivity index (χ0) is 14.0. The first-order valence-corrected chi connectivity index (χ1v) is 6.08. The van der Waals surface area contributed by atoms with Gasteiger partial charge in [-0.2, -0.15) is 10.2 Å². The van der Waals surface area contributed by atoms with Gasteiger partial charge in [0.2, 0.25) is 5.78 Å². The molecule has 0 aliphatic rings. The molecule has 0 saturated carbocycles. The van der Waals surface area contributed by atoms with Crippen LogP contribution in [0.2, 0.25) is 5.02 Å². The number of nitrogen functional groups attached to an aromatic ring is 1. The SMILES string of the molecule is CN(C)CCn1ncc(Cl)c1C(=O)c1cn[nH]c1N. The standard InChI is InChI=1S/C11H15ClN6O/c1-17(2)3-4-18-9(8(12)6-15-18)10(19)7-5-14-16-11(7)13/h5-6H,3-4H2,1-2H3,(H3,13,14,16). The molecule has 0 saturated heterocycles. The molecule has 0 atom stereocenters. The molecule has 2 rings (SSSR count). The number of aromatic amines is 1. The molecular weight excluding hydrogens is 268 g/mol. The summed E-state index contributed by atoms with van der Waals surface area (Å²) >= 11 is 6.04. The quantitative estimate of drug-likeness (QED) is 0.785. The lowest BCUT2D eigenvalue weighted by Crippen LogP contribution is -2.22. The van der Waals surface area contributed by atoms with Gasteiger partial charge in [-0.25, -0.2) is 0 Å². The number of nitrogens with two attached hydrogens (primary N) is 1. The summed E-state index contributed by atoms with van der Waals surface area (Å²) in [6.45, 7) is 1.32. The maximum Gasteiger partial charge on any atom is 0.217 e. The van der Waals surface area contributed by atoms with Crippen LogP contribution in [-0.2, 0) is 6.54 Å². The van der Waals surface area contributed by atoms with E-state index in [2.05, 4.69) is 15.3 Å². The van der Waals surface area contributed by atoms with Gasteiger partial charge in [0.15, 0.2) is 0 Å². The number of hydrogen-bond donors (Lipinski definition) is 2. The molecule has 0 spiro atoms. The fourth-order valence-electron chi connectivity index (χ4n) is 1.66. The molecule has 0 fully saturated rings. The van der Waals surface area contributed by atoms with E-state index in [1.807, 2.05) is 19.0 Å². The van der Waals surface area contributed by atoms with Crippen molar-refractivity contribution >= 4 is 23.2 Å². The average Bonchev–Trinajstić information content (AvgIpc) is 2.92. The molecule has 0 radical (unpaired) electrons. The highest BCUT2D eigenvalue weighted by Gasteiger charge is 2.22. The van der Waals surface area contributed by atoms with Gasteiger partial charge in [-0.15, -0.1) is 0 Å². The lowest BCUT2D eigenvalue weighted by molar-refractivity contribution is 0.102. The maximum atomic E-state index is 12.4. The second-order valence-corrected chi connectivity index (χ2v) is 4.80. The van der Waals surface area contributed by atoms with Gasteiger partial charge >= 0.3 is 0 Å². The molecule has 0 aliphatic carbocycles. The molecule has 0 aliphatic heterocycles. The summed E-state index contributed by atoms with van der Waals surface area (Å²) < 4.78 is 1.58. The van der Waals surface area contributed by atoms with E-state index in [1.165, 1.54) is 12.4 Å². The smallest absolute Gasteiger partial charge is 0.217 e. The van der Waals surface area contributed by atoms with Crippen LogP contribution < -0.4 is 5.73 Å². The van der Waals surface area contributed by atoms with Crippen molar-refractivity contribution in [2.45, 2.75) is 6.54 Å². The zero-order valence-corrected chi connectivity index (χ0v) is 11.5. The molecule has 0 amide bonds. The lowest BCUT2D eigenvalue weighted by Gasteiger charge is -2.11. The van der Waals surface area contributed by atoms with Gasteiger partial charge in [-0.1, -0.05) is 11.6 Å². The van der Waals surface area contributed by atoms with Crippen molar-refractivity contribution in [3.05, 3.63) is 28.7 Å². The topological polar surface area (TPSA) is 92.8 Å². The molecule has 0 unspecified atom stereocenters. The van der Waals surface area contributed by atoms with Crippen molar-refractivity contribution in [3.8, 4) is 0 Å². The van der Waals surface area contributed by atoms with Crippen LogP contribution in [0.25, 0.3) is 0 Å². The van der Waals surface area contributed by atoms with Crippen LogP contribution in [0.5, 0.6) is 0 Å². The Hall–Kier alpha value is -1.86. The number of H-pyrrole nitrogens is 1. The molecule has 3 N–H and O–H groups in total. The minimum absolute atomic E-state index is 0.224. The van der Waals surface area contributed by atoms with Crippen molar-refractivity contribution in [3.63, 3.8) is 0 Å². The van der Waals surface area contributed by atoms with Gasteiger partial charge < -0.3 is 10.6 Å². The molecule has 19 heavy (non-hydrogen) atoms. The van der Waals surface area contributed by atoms with Crippen LogP contribution in [0.15, 0.2) is 12.4 Å². The highest BCUT2D eigenvalue weighted by atomic mass is 35.5. The van der Waals surface area contributed by atoms with Gasteiger partial charge in [-0.05, 0) is 14.1 Å². The largest absolute Gasteiger partial charge is 0.383 e. The summed E-state index contributed by atoms with van der Waals surface area (Å²) in [5.74, 6) is -0.0612. The Kier molecular flexibility index (Phi) is 3.87. The number of rotatable bonds is 5. The summed E-state index contributed by atoms with van der Waals surface area (Å²) in [5.41, 5.74) is 6.28. The van der Waals surface area contributed by atoms with E-state index in [-0.39, 0.29) is 11.6 Å². The number of ketones is 1. The third-order valence-electron chi connectivity index (χ3n) is 2.68. The van der Waals surface area contributed by atoms with Crippen molar-refractivity contribution < 1.29 is 4.79 Å². The van der Waals surface area contributed by atoms with Crippen LogP contribution in [0, 0.1) is 0 Å². The normalized spacial score (nSPS) is 11.2. The number of carbonyl (C=O) groups excluding carboxylic acids is 1. The van der Waals surface area contributed by atoms with Crippen LogP contribution in [-0.4, -0.2) is 51.3 Å². The summed E-state index contributed by atoms with van der Waals surface area (Å²) in [6.07, 6.45) is 2.85. The van der Waals surface area contributed by atoms with Gasteiger partial charge in [0.05, 0.1) is 29.5 Å². The van der Waals surface area contributed by atoms with Gasteiger partial charge in [0.25, 0.3) is 0 Å². The average molecular weight is 283 g/mol. The van der Waals surface area contributed by atoms with Gasteiger partial charge in [0.1, 0.15) is 11.5 Å². The minimum Gasteiger partial charge on any atom is -0.383 e. The molecule has 0 aromatic carbocycles. The summed E-state index contributed by atoms with van der Waals surface area (Å²) in [7, 11) is 3.89. The number of anilines is 1. The second-order valence-electron chi connectivity index (χ2n) is 4.39. The molecule has 8 heteroatoms. The Balaban J connectivity index is 2.31. The maximum absolute atomic E-state index is 12.4. The fraction of sp³-hybridized carbons (Fsp3) is 0.364. The number of nitrogens with one attached hydrogen (secondary N) is 1. The fourth-order valence-corrected chi connectivity index (χ4v) is 1.88. The molecule has 102 valence electrons. The Morgan fingerprint density at radius 2 is 2.26 bits per heavy atom. The van der Waals surface area contributed by atoms with E-state index >= 15 is 0 Å². The zero-order valence-electron chi connectivity index (χ0n) is 10.7. The van der Waals surface area contributed by atoms with E-state index in [4.69, 9.17) is 17.3 Å². The van der Waals surface area contributed by atoms with Crippen LogP contribution in [0.4, 0.5) is 5.82 Å². The molecular formula is C11H15ClN6O. The first-order chi connectivity index (χ1) is 9.00. The first-order valence-electron chi connectivity index (χ1n) is 5.70. The number of likely N-dealkylation sites (N-methyl/N-ethyl adjacent to an activating group) is 1. The Morgan fingerprint density at radius 3 is 2.84 bits per heavy atom. The van der Waals surface area contributed by atoms with E-state index in [0.717, 1.165) is 6.54 Å². The van der Waals surface area contributed by atoms with Crippen LogP contribution >= 0.6 is 11.6 Å². The van der Waals surface area contributed by atoms with Crippen LogP contribution in [0.1, 0.15) is 16.1 Å². The minimum atomic E-state index is -0.285. The molecule has 2 aromatic heterocycles. The lowest BCUT2D eigenvalue weighted by atomic mass is 10.1. The third-order valence-corrected chi connectivity index (χ3v) is 2.96.